The van der Waals surface area contributed by atoms with E-state index >= 15 is 0 Å². The third-order valence-electron chi connectivity index (χ3n) is 7.18. The lowest BCUT2D eigenvalue weighted by Gasteiger charge is -2.34. The molecule has 2 aliphatic rings. The molecule has 1 atom stereocenters. The molecule has 2 aliphatic heterocycles. The van der Waals surface area contributed by atoms with E-state index in [9.17, 15) is 23.3 Å². The molecular weight excluding hydrogens is 517 g/mol. The van der Waals surface area contributed by atoms with Crippen LogP contribution in [0, 0.1) is 16.0 Å². The van der Waals surface area contributed by atoms with Crippen molar-refractivity contribution in [3.63, 3.8) is 0 Å². The van der Waals surface area contributed by atoms with Gasteiger partial charge in [-0.05, 0) is 79.0 Å². The minimum Gasteiger partial charge on any atom is -0.489 e. The second-order valence-corrected chi connectivity index (χ2v) is 10.2. The van der Waals surface area contributed by atoms with Crippen LogP contribution < -0.4 is 19.1 Å². The fourth-order valence-corrected chi connectivity index (χ4v) is 4.99. The van der Waals surface area contributed by atoms with Crippen molar-refractivity contribution in [3.05, 3.63) is 70.4 Å². The van der Waals surface area contributed by atoms with E-state index in [0.717, 1.165) is 43.6 Å². The van der Waals surface area contributed by atoms with E-state index < -0.39 is 16.9 Å². The van der Waals surface area contributed by atoms with Crippen molar-refractivity contribution in [1.29, 1.82) is 0 Å². The predicted octanol–water partition coefficient (Wildman–Crippen LogP) is 5.77. The summed E-state index contributed by atoms with van der Waals surface area (Å²) in [6.45, 7) is 4.53. The Balaban J connectivity index is 1.08. The molecule has 3 aromatic rings. The topological polar surface area (TPSA) is 91.9 Å². The standard InChI is InChI=1S/C27H29F3N4O5/c1-26(12-15-33-17-24(34(35)36)31-25(33)39-26)18-37-22-8-4-21(5-9-22)32-13-10-20(11-14-32)16-19-2-6-23(7-3-19)38-27(28,29)30/h2-9,17,20H,10-16,18H2,1H3. The average Bonchev–Trinajstić information content (AvgIpc) is 3.32. The molecule has 208 valence electrons. The molecule has 1 fully saturated rings. The molecule has 3 heterocycles. The molecule has 1 unspecified atom stereocenters. The maximum atomic E-state index is 12.4. The Kier molecular flexibility index (Phi) is 7.28. The largest absolute Gasteiger partial charge is 0.573 e. The van der Waals surface area contributed by atoms with Crippen molar-refractivity contribution in [3.8, 4) is 17.5 Å². The van der Waals surface area contributed by atoms with Crippen LogP contribution in [0.4, 0.5) is 24.7 Å². The first-order valence-corrected chi connectivity index (χ1v) is 12.8. The van der Waals surface area contributed by atoms with E-state index in [0.29, 0.717) is 24.6 Å². The van der Waals surface area contributed by atoms with Gasteiger partial charge in [-0.15, -0.1) is 13.2 Å². The van der Waals surface area contributed by atoms with E-state index in [-0.39, 0.29) is 24.2 Å². The highest BCUT2D eigenvalue weighted by Crippen LogP contribution is 2.32. The second kappa shape index (κ2) is 10.7. The third-order valence-corrected chi connectivity index (χ3v) is 7.18. The number of imidazole rings is 1. The van der Waals surface area contributed by atoms with Crippen molar-refractivity contribution in [1.82, 2.24) is 9.55 Å². The van der Waals surface area contributed by atoms with E-state index in [1.54, 1.807) is 16.7 Å². The minimum absolute atomic E-state index is 0.202. The molecule has 1 saturated heterocycles. The van der Waals surface area contributed by atoms with Crippen molar-refractivity contribution in [2.24, 2.45) is 5.92 Å². The number of alkyl halides is 3. The molecule has 5 rings (SSSR count). The number of ether oxygens (including phenoxy) is 3. The Morgan fingerprint density at radius 1 is 1.08 bits per heavy atom. The fraction of sp³-hybridized carbons (Fsp3) is 0.444. The van der Waals surface area contributed by atoms with Gasteiger partial charge in [0.2, 0.25) is 0 Å². The zero-order chi connectivity index (χ0) is 27.6. The molecule has 0 aliphatic carbocycles. The van der Waals surface area contributed by atoms with Gasteiger partial charge in [0.15, 0.2) is 0 Å². The highest BCUT2D eigenvalue weighted by Gasteiger charge is 2.37. The first-order valence-electron chi connectivity index (χ1n) is 12.8. The quantitative estimate of drug-likeness (QED) is 0.262. The summed E-state index contributed by atoms with van der Waals surface area (Å²) in [5, 5.41) is 11.0. The van der Waals surface area contributed by atoms with Gasteiger partial charge in [0.25, 0.3) is 0 Å². The number of anilines is 1. The second-order valence-electron chi connectivity index (χ2n) is 10.2. The van der Waals surface area contributed by atoms with Gasteiger partial charge in [0, 0.05) is 36.7 Å². The molecule has 1 aromatic heterocycles. The molecular formula is C27H29F3N4O5. The van der Waals surface area contributed by atoms with Gasteiger partial charge in [-0.1, -0.05) is 12.1 Å². The zero-order valence-corrected chi connectivity index (χ0v) is 21.4. The Morgan fingerprint density at radius 2 is 1.74 bits per heavy atom. The molecule has 0 saturated carbocycles. The average molecular weight is 547 g/mol. The number of aryl methyl sites for hydroxylation is 1. The number of aromatic nitrogens is 2. The van der Waals surface area contributed by atoms with E-state index in [2.05, 4.69) is 14.6 Å². The number of hydrogen-bond donors (Lipinski definition) is 0. The summed E-state index contributed by atoms with van der Waals surface area (Å²) in [6, 6.07) is 14.2. The van der Waals surface area contributed by atoms with Crippen LogP contribution in [0.3, 0.4) is 0 Å². The van der Waals surface area contributed by atoms with Crippen molar-refractivity contribution >= 4 is 11.5 Å². The van der Waals surface area contributed by atoms with Gasteiger partial charge in [0.05, 0.1) is 0 Å². The highest BCUT2D eigenvalue weighted by atomic mass is 19.4. The van der Waals surface area contributed by atoms with Gasteiger partial charge in [-0.25, -0.2) is 0 Å². The van der Waals surface area contributed by atoms with Gasteiger partial charge in [-0.3, -0.25) is 4.57 Å². The maximum absolute atomic E-state index is 12.4. The molecule has 12 heteroatoms. The number of benzene rings is 2. The van der Waals surface area contributed by atoms with Crippen molar-refractivity contribution < 1.29 is 32.3 Å². The molecule has 0 radical (unpaired) electrons. The SMILES string of the molecule is CC1(COc2ccc(N3CCC(Cc4ccc(OC(F)(F)F)cc4)CC3)cc2)CCn2cc([N+](=O)[O-])nc2O1. The Labute approximate surface area is 223 Å². The predicted molar refractivity (Wildman–Crippen MR) is 136 cm³/mol. The molecule has 0 bridgehead atoms. The number of piperidine rings is 1. The smallest absolute Gasteiger partial charge is 0.489 e. The summed E-state index contributed by atoms with van der Waals surface area (Å²) in [6.07, 6.45) is 0.128. The minimum atomic E-state index is -4.68. The molecule has 0 N–H and O–H groups in total. The molecule has 2 aromatic carbocycles. The number of rotatable bonds is 8. The first kappa shape index (κ1) is 26.6. The van der Waals surface area contributed by atoms with Crippen LogP contribution in [-0.4, -0.2) is 46.1 Å². The maximum Gasteiger partial charge on any atom is 0.573 e. The summed E-state index contributed by atoms with van der Waals surface area (Å²) in [5.74, 6) is 0.735. The number of nitrogens with zero attached hydrogens (tertiary/aromatic N) is 4. The lowest BCUT2D eigenvalue weighted by molar-refractivity contribution is -0.389. The van der Waals surface area contributed by atoms with Crippen LogP contribution in [0.2, 0.25) is 0 Å². The van der Waals surface area contributed by atoms with E-state index in [1.165, 1.54) is 18.3 Å². The Bertz CT molecular complexity index is 1290. The molecule has 0 spiro atoms. The lowest BCUT2D eigenvalue weighted by Crippen LogP contribution is -2.43. The van der Waals surface area contributed by atoms with Crippen LogP contribution in [0.25, 0.3) is 0 Å². The van der Waals surface area contributed by atoms with Gasteiger partial charge in [-0.2, -0.15) is 0 Å². The molecule has 9 nitrogen and oxygen atoms in total. The number of halogens is 3. The van der Waals surface area contributed by atoms with Crippen molar-refractivity contribution in [2.75, 3.05) is 24.6 Å². The molecule has 39 heavy (non-hydrogen) atoms. The Morgan fingerprint density at radius 3 is 2.38 bits per heavy atom. The monoisotopic (exact) mass is 546 g/mol. The summed E-state index contributed by atoms with van der Waals surface area (Å²) in [4.78, 5) is 16.7. The van der Waals surface area contributed by atoms with Gasteiger partial charge in [0.1, 0.15) is 29.9 Å². The number of nitro groups is 1. The highest BCUT2D eigenvalue weighted by molar-refractivity contribution is 5.49. The number of fused-ring (bicyclic) bond motifs is 1. The van der Waals surface area contributed by atoms with E-state index in [1.807, 2.05) is 31.2 Å². The summed E-state index contributed by atoms with van der Waals surface area (Å²) in [5.41, 5.74) is 1.45. The van der Waals surface area contributed by atoms with Gasteiger partial charge >= 0.3 is 18.2 Å². The zero-order valence-electron chi connectivity index (χ0n) is 21.4. The summed E-state index contributed by atoms with van der Waals surface area (Å²) >= 11 is 0. The van der Waals surface area contributed by atoms with Gasteiger partial charge < -0.3 is 29.2 Å². The molecule has 0 amide bonds. The van der Waals surface area contributed by atoms with Crippen LogP contribution in [0.5, 0.6) is 17.5 Å². The van der Waals surface area contributed by atoms with Crippen LogP contribution in [0.1, 0.15) is 31.7 Å². The van der Waals surface area contributed by atoms with Crippen LogP contribution >= 0.6 is 0 Å². The summed E-state index contributed by atoms with van der Waals surface area (Å²) in [7, 11) is 0. The lowest BCUT2D eigenvalue weighted by atomic mass is 9.90. The number of hydrogen-bond acceptors (Lipinski definition) is 7. The normalized spacial score (nSPS) is 19.7. The van der Waals surface area contributed by atoms with Crippen LogP contribution in [-0.2, 0) is 13.0 Å². The fourth-order valence-electron chi connectivity index (χ4n) is 4.99. The third kappa shape index (κ3) is 6.73. The summed E-state index contributed by atoms with van der Waals surface area (Å²) < 4.78 is 54.6. The van der Waals surface area contributed by atoms with E-state index in [4.69, 9.17) is 9.47 Å². The Hall–Kier alpha value is -3.96. The first-order chi connectivity index (χ1) is 18.6. The van der Waals surface area contributed by atoms with Crippen molar-refractivity contribution in [2.45, 2.75) is 51.1 Å². The van der Waals surface area contributed by atoms with Crippen LogP contribution in [0.15, 0.2) is 54.7 Å².